The topological polar surface area (TPSA) is 72.8 Å². The van der Waals surface area contributed by atoms with Crippen LogP contribution in [0.2, 0.25) is 0 Å². The van der Waals surface area contributed by atoms with Crippen molar-refractivity contribution in [1.82, 2.24) is 0 Å². The summed E-state index contributed by atoms with van der Waals surface area (Å²) in [5.74, 6) is -0.371. The van der Waals surface area contributed by atoms with Crippen LogP contribution in [0.25, 0.3) is 0 Å². The summed E-state index contributed by atoms with van der Waals surface area (Å²) < 4.78 is 11.3. The Balaban J connectivity index is 2.35. The van der Waals surface area contributed by atoms with Gasteiger partial charge < -0.3 is 14.6 Å². The monoisotopic (exact) mass is 400 g/mol. The summed E-state index contributed by atoms with van der Waals surface area (Å²) in [6.45, 7) is 12.6. The van der Waals surface area contributed by atoms with Crippen LogP contribution in [-0.2, 0) is 14.3 Å². The van der Waals surface area contributed by atoms with E-state index in [2.05, 4.69) is 13.2 Å². The Kier molecular flexibility index (Phi) is 7.66. The lowest BCUT2D eigenvalue weighted by Gasteiger charge is -2.38. The van der Waals surface area contributed by atoms with E-state index in [9.17, 15) is 14.7 Å². The molecule has 1 aliphatic carbocycles. The normalized spacial score (nSPS) is 22.1. The van der Waals surface area contributed by atoms with E-state index in [-0.39, 0.29) is 17.6 Å². The van der Waals surface area contributed by atoms with Crippen LogP contribution in [0.1, 0.15) is 77.2 Å². The Labute approximate surface area is 173 Å². The van der Waals surface area contributed by atoms with Crippen LogP contribution in [0.15, 0.2) is 42.5 Å². The fourth-order valence-electron chi connectivity index (χ4n) is 3.82. The molecule has 2 unspecified atom stereocenters. The molecule has 2 rings (SSSR count). The van der Waals surface area contributed by atoms with Crippen molar-refractivity contribution >= 4 is 11.9 Å². The minimum absolute atomic E-state index is 0.0170. The zero-order chi connectivity index (χ0) is 21.6. The first kappa shape index (κ1) is 22.7. The smallest absolute Gasteiger partial charge is 0.338 e. The molecule has 0 amide bonds. The molecule has 0 aliphatic heterocycles. The number of carbonyl (C=O) groups is 2. The third-order valence-electron chi connectivity index (χ3n) is 5.60. The lowest BCUT2D eigenvalue weighted by atomic mass is 9.76. The zero-order valence-electron chi connectivity index (χ0n) is 17.8. The predicted molar refractivity (Wildman–Crippen MR) is 113 cm³/mol. The lowest BCUT2D eigenvalue weighted by Crippen LogP contribution is -2.37. The summed E-state index contributed by atoms with van der Waals surface area (Å²) in [5, 5.41) is 10.5. The summed E-state index contributed by atoms with van der Waals surface area (Å²) in [7, 11) is 0. The summed E-state index contributed by atoms with van der Waals surface area (Å²) in [6.07, 6.45) is 5.98. The van der Waals surface area contributed by atoms with E-state index < -0.39 is 11.6 Å². The summed E-state index contributed by atoms with van der Waals surface area (Å²) in [4.78, 5) is 24.2. The largest absolute Gasteiger partial charge is 0.508 e. The average Bonchev–Trinajstić information content (AvgIpc) is 2.65. The second kappa shape index (κ2) is 9.77. The van der Waals surface area contributed by atoms with Gasteiger partial charge in [-0.15, -0.1) is 0 Å². The van der Waals surface area contributed by atoms with Crippen molar-refractivity contribution in [2.75, 3.05) is 0 Å². The van der Waals surface area contributed by atoms with E-state index in [1.54, 1.807) is 32.0 Å². The molecule has 2 atom stereocenters. The molecule has 1 aliphatic rings. The van der Waals surface area contributed by atoms with Crippen molar-refractivity contribution in [3.05, 3.63) is 48.1 Å². The Hall–Kier alpha value is -2.56. The van der Waals surface area contributed by atoms with Crippen LogP contribution >= 0.6 is 0 Å². The van der Waals surface area contributed by atoms with Crippen LogP contribution in [0, 0.1) is 0 Å². The number of carbonyl (C=O) groups excluding carboxylic acids is 2. The molecular formula is C24H32O5. The Morgan fingerprint density at radius 3 is 2.45 bits per heavy atom. The van der Waals surface area contributed by atoms with Crippen LogP contribution < -0.4 is 4.74 Å². The molecule has 0 saturated heterocycles. The fourth-order valence-corrected chi connectivity index (χ4v) is 3.82. The van der Waals surface area contributed by atoms with Crippen LogP contribution in [0.3, 0.4) is 0 Å². The maximum absolute atomic E-state index is 12.3. The summed E-state index contributed by atoms with van der Waals surface area (Å²) in [5.41, 5.74) is 0.802. The van der Waals surface area contributed by atoms with E-state index in [0.29, 0.717) is 35.3 Å². The number of hydrogen-bond donors (Lipinski definition) is 1. The molecule has 0 bridgehead atoms. The minimum atomic E-state index is -0.599. The number of phenols is 1. The van der Waals surface area contributed by atoms with Gasteiger partial charge in [0.25, 0.3) is 0 Å². The van der Waals surface area contributed by atoms with E-state index >= 15 is 0 Å². The molecule has 5 nitrogen and oxygen atoms in total. The molecule has 29 heavy (non-hydrogen) atoms. The van der Waals surface area contributed by atoms with Gasteiger partial charge in [0.05, 0.1) is 0 Å². The van der Waals surface area contributed by atoms with Crippen molar-refractivity contribution in [3.63, 3.8) is 0 Å². The Morgan fingerprint density at radius 2 is 1.83 bits per heavy atom. The van der Waals surface area contributed by atoms with E-state index in [4.69, 9.17) is 9.47 Å². The second-order valence-electron chi connectivity index (χ2n) is 8.10. The number of hydrogen-bond acceptors (Lipinski definition) is 5. The molecule has 0 spiro atoms. The maximum Gasteiger partial charge on any atom is 0.338 e. The van der Waals surface area contributed by atoms with Crippen LogP contribution in [-0.4, -0.2) is 22.6 Å². The van der Waals surface area contributed by atoms with Gasteiger partial charge in [-0.1, -0.05) is 32.9 Å². The number of rotatable bonds is 6. The minimum Gasteiger partial charge on any atom is -0.508 e. The molecule has 5 heteroatoms. The van der Waals surface area contributed by atoms with E-state index in [0.717, 1.165) is 32.1 Å². The van der Waals surface area contributed by atoms with Crippen molar-refractivity contribution in [2.24, 2.45) is 0 Å². The molecule has 158 valence electrons. The van der Waals surface area contributed by atoms with Crippen LogP contribution in [0.5, 0.6) is 11.5 Å². The van der Waals surface area contributed by atoms with Gasteiger partial charge >= 0.3 is 11.9 Å². The van der Waals surface area contributed by atoms with Gasteiger partial charge in [0.2, 0.25) is 0 Å². The van der Waals surface area contributed by atoms with E-state index in [1.807, 2.05) is 6.92 Å². The highest BCUT2D eigenvalue weighted by molar-refractivity contribution is 5.88. The zero-order valence-corrected chi connectivity index (χ0v) is 17.8. The highest BCUT2D eigenvalue weighted by Crippen LogP contribution is 2.43. The van der Waals surface area contributed by atoms with Crippen molar-refractivity contribution < 1.29 is 24.2 Å². The number of esters is 2. The molecule has 1 fully saturated rings. The van der Waals surface area contributed by atoms with Gasteiger partial charge in [-0.2, -0.15) is 0 Å². The van der Waals surface area contributed by atoms with Gasteiger partial charge in [-0.3, -0.25) is 0 Å². The first-order valence-electron chi connectivity index (χ1n) is 10.3. The molecule has 1 aromatic rings. The standard InChI is InChI=1S/C24H32O5/c1-6-24(29-23(27)17(4)5)13-9-7-8-10-18(15-24)20-14-19(11-12-21(20)25)28-22(26)16(2)3/h11-12,14,18,25H,2,4,6-10,13,15H2,1,3,5H3. The maximum atomic E-state index is 12.3. The van der Waals surface area contributed by atoms with Crippen molar-refractivity contribution in [2.45, 2.75) is 77.2 Å². The molecule has 1 N–H and O–H groups in total. The molecule has 0 heterocycles. The molecule has 0 radical (unpaired) electrons. The van der Waals surface area contributed by atoms with Gasteiger partial charge in [0, 0.05) is 16.7 Å². The first-order chi connectivity index (χ1) is 13.7. The highest BCUT2D eigenvalue weighted by atomic mass is 16.6. The SMILES string of the molecule is C=C(C)C(=O)Oc1ccc(O)c(C2CCCCCC(CC)(OC(=O)C(=C)C)C2)c1. The third-order valence-corrected chi connectivity index (χ3v) is 5.60. The predicted octanol–water partition coefficient (Wildman–Crippen LogP) is 5.58. The van der Waals surface area contributed by atoms with Crippen molar-refractivity contribution in [3.8, 4) is 11.5 Å². The molecule has 1 saturated carbocycles. The molecule has 0 aromatic heterocycles. The molecule has 1 aromatic carbocycles. The number of aromatic hydroxyl groups is 1. The van der Waals surface area contributed by atoms with E-state index in [1.165, 1.54) is 0 Å². The van der Waals surface area contributed by atoms with Crippen molar-refractivity contribution in [1.29, 1.82) is 0 Å². The fraction of sp³-hybridized carbons (Fsp3) is 0.500. The second-order valence-corrected chi connectivity index (χ2v) is 8.10. The van der Waals surface area contributed by atoms with Gasteiger partial charge in [-0.05, 0) is 70.1 Å². The summed E-state index contributed by atoms with van der Waals surface area (Å²) >= 11 is 0. The van der Waals surface area contributed by atoms with Gasteiger partial charge in [-0.25, -0.2) is 9.59 Å². The average molecular weight is 401 g/mol. The highest BCUT2D eigenvalue weighted by Gasteiger charge is 2.37. The van der Waals surface area contributed by atoms with Gasteiger partial charge in [0.1, 0.15) is 17.1 Å². The quantitative estimate of drug-likeness (QED) is 0.383. The van der Waals surface area contributed by atoms with Gasteiger partial charge in [0.15, 0.2) is 0 Å². The third kappa shape index (κ3) is 5.96. The number of phenolic OH excluding ortho intramolecular Hbond substituents is 1. The summed E-state index contributed by atoms with van der Waals surface area (Å²) in [6, 6.07) is 4.82. The van der Waals surface area contributed by atoms with Crippen LogP contribution in [0.4, 0.5) is 0 Å². The molecular weight excluding hydrogens is 368 g/mol. The lowest BCUT2D eigenvalue weighted by molar-refractivity contribution is -0.158. The number of ether oxygens (including phenoxy) is 2. The Morgan fingerprint density at radius 1 is 1.14 bits per heavy atom. The first-order valence-corrected chi connectivity index (χ1v) is 10.3. The number of benzene rings is 1. The Bertz CT molecular complexity index is 794.